The number of nitrogens with one attached hydrogen (secondary N) is 1. The highest BCUT2D eigenvalue weighted by atomic mass is 32.2. The monoisotopic (exact) mass is 558 g/mol. The summed E-state index contributed by atoms with van der Waals surface area (Å²) in [5, 5.41) is 7.83. The lowest BCUT2D eigenvalue weighted by Gasteiger charge is -2.11. The molecule has 0 bridgehead atoms. The van der Waals surface area contributed by atoms with E-state index in [1.54, 1.807) is 28.9 Å². The van der Waals surface area contributed by atoms with Gasteiger partial charge in [-0.25, -0.2) is 22.3 Å². The van der Waals surface area contributed by atoms with Gasteiger partial charge in [0.25, 0.3) is 0 Å². The predicted molar refractivity (Wildman–Crippen MR) is 151 cm³/mol. The maximum atomic E-state index is 13.2. The van der Waals surface area contributed by atoms with Gasteiger partial charge in [0.15, 0.2) is 21.3 Å². The normalized spacial score (nSPS) is 12.3. The van der Waals surface area contributed by atoms with E-state index in [1.165, 1.54) is 31.4 Å². The zero-order valence-electron chi connectivity index (χ0n) is 22.1. The van der Waals surface area contributed by atoms with Crippen molar-refractivity contribution >= 4 is 32.8 Å². The van der Waals surface area contributed by atoms with Gasteiger partial charge in [-0.15, -0.1) is 0 Å². The van der Waals surface area contributed by atoms with E-state index in [-0.39, 0.29) is 28.8 Å². The number of rotatable bonds is 9. The molecule has 5 aromatic rings. The SMILES string of the molecule is COc1cc(S(C)(=O)=O)ccc1Nc1cn2nc(-c3ccc(CC(=O)[C@H](C)c4ccc(F)cc4)cc3)ccc2n1. The van der Waals surface area contributed by atoms with Gasteiger partial charge in [0, 0.05) is 30.2 Å². The van der Waals surface area contributed by atoms with Crippen molar-refractivity contribution in [1.82, 2.24) is 14.6 Å². The van der Waals surface area contributed by atoms with E-state index in [9.17, 15) is 17.6 Å². The maximum Gasteiger partial charge on any atom is 0.175 e. The maximum absolute atomic E-state index is 13.2. The third-order valence-electron chi connectivity index (χ3n) is 6.66. The number of anilines is 2. The van der Waals surface area contributed by atoms with Crippen molar-refractivity contribution in [1.29, 1.82) is 0 Å². The summed E-state index contributed by atoms with van der Waals surface area (Å²) < 4.78 is 44.0. The Morgan fingerprint density at radius 1 is 1.02 bits per heavy atom. The molecule has 0 aliphatic heterocycles. The number of hydrogen-bond acceptors (Lipinski definition) is 7. The van der Waals surface area contributed by atoms with Crippen LogP contribution >= 0.6 is 0 Å². The Bertz CT molecular complexity index is 1800. The van der Waals surface area contributed by atoms with Crippen LogP contribution in [0.3, 0.4) is 0 Å². The molecule has 1 N–H and O–H groups in total. The number of sulfone groups is 1. The van der Waals surface area contributed by atoms with Crippen LogP contribution in [0.5, 0.6) is 5.75 Å². The smallest absolute Gasteiger partial charge is 0.175 e. The second-order valence-electron chi connectivity index (χ2n) is 9.52. The quantitative estimate of drug-likeness (QED) is 0.251. The van der Waals surface area contributed by atoms with Crippen LogP contribution in [-0.2, 0) is 21.1 Å². The Morgan fingerprint density at radius 2 is 1.75 bits per heavy atom. The van der Waals surface area contributed by atoms with Crippen LogP contribution < -0.4 is 10.1 Å². The lowest BCUT2D eigenvalue weighted by atomic mass is 9.92. The molecule has 0 amide bonds. The minimum absolute atomic E-state index is 0.0555. The molecule has 8 nitrogen and oxygen atoms in total. The van der Waals surface area contributed by atoms with E-state index in [1.807, 2.05) is 43.3 Å². The second-order valence-corrected chi connectivity index (χ2v) is 11.5. The number of hydrogen-bond donors (Lipinski definition) is 1. The molecule has 0 aliphatic rings. The Labute approximate surface area is 231 Å². The molecule has 5 rings (SSSR count). The molecule has 3 aromatic carbocycles. The van der Waals surface area contributed by atoms with Gasteiger partial charge >= 0.3 is 0 Å². The molecule has 0 saturated heterocycles. The highest BCUT2D eigenvalue weighted by Crippen LogP contribution is 2.30. The van der Waals surface area contributed by atoms with Gasteiger partial charge in [-0.2, -0.15) is 5.10 Å². The average Bonchev–Trinajstić information content (AvgIpc) is 3.34. The molecular formula is C30H27FN4O4S. The summed E-state index contributed by atoms with van der Waals surface area (Å²) in [6.07, 6.45) is 3.15. The van der Waals surface area contributed by atoms with Crippen molar-refractivity contribution in [2.75, 3.05) is 18.7 Å². The number of nitrogens with zero attached hydrogens (tertiary/aromatic N) is 3. The number of carbonyl (C=O) groups excluding carboxylic acids is 1. The minimum atomic E-state index is -3.37. The molecular weight excluding hydrogens is 531 g/mol. The summed E-state index contributed by atoms with van der Waals surface area (Å²) in [5.74, 6) is 0.291. The first-order valence-electron chi connectivity index (χ1n) is 12.5. The van der Waals surface area contributed by atoms with E-state index < -0.39 is 9.84 Å². The number of Topliss-reactive ketones (excluding diaryl/α,β-unsaturated/α-hetero) is 1. The zero-order chi connectivity index (χ0) is 28.4. The number of ketones is 1. The largest absolute Gasteiger partial charge is 0.495 e. The van der Waals surface area contributed by atoms with Gasteiger partial charge in [0.05, 0.1) is 29.6 Å². The van der Waals surface area contributed by atoms with E-state index in [0.29, 0.717) is 22.9 Å². The van der Waals surface area contributed by atoms with Crippen molar-refractivity contribution in [2.45, 2.75) is 24.2 Å². The summed E-state index contributed by atoms with van der Waals surface area (Å²) in [4.78, 5) is 17.5. The van der Waals surface area contributed by atoms with Gasteiger partial charge in [-0.3, -0.25) is 4.79 Å². The van der Waals surface area contributed by atoms with E-state index in [4.69, 9.17) is 4.74 Å². The molecule has 2 aromatic heterocycles. The third-order valence-corrected chi connectivity index (χ3v) is 7.78. The number of methoxy groups -OCH3 is 1. The summed E-state index contributed by atoms with van der Waals surface area (Å²) in [7, 11) is -1.90. The van der Waals surface area contributed by atoms with Crippen LogP contribution in [0.2, 0.25) is 0 Å². The van der Waals surface area contributed by atoms with Crippen molar-refractivity contribution in [3.8, 4) is 17.0 Å². The van der Waals surface area contributed by atoms with E-state index in [0.717, 1.165) is 28.6 Å². The first-order chi connectivity index (χ1) is 19.1. The molecule has 0 aliphatic carbocycles. The lowest BCUT2D eigenvalue weighted by molar-refractivity contribution is -0.119. The molecule has 1 atom stereocenters. The van der Waals surface area contributed by atoms with Crippen LogP contribution in [0.4, 0.5) is 15.9 Å². The number of carbonyl (C=O) groups is 1. The fourth-order valence-electron chi connectivity index (χ4n) is 4.32. The predicted octanol–water partition coefficient (Wildman–Crippen LogP) is 5.61. The molecule has 10 heteroatoms. The Hall–Kier alpha value is -4.57. The van der Waals surface area contributed by atoms with Crippen molar-refractivity contribution in [3.63, 3.8) is 0 Å². The molecule has 0 radical (unpaired) electrons. The number of benzene rings is 3. The summed E-state index contributed by atoms with van der Waals surface area (Å²) in [6.45, 7) is 1.83. The molecule has 40 heavy (non-hydrogen) atoms. The molecule has 0 saturated carbocycles. The second kappa shape index (κ2) is 10.9. The molecule has 204 valence electrons. The standard InChI is InChI=1S/C30H27FN4O4S/c1-19(21-8-10-23(31)11-9-21)27(36)16-20-4-6-22(7-5-20)25-14-15-30-33-29(18-35(30)34-25)32-26-13-12-24(40(3,37)38)17-28(26)39-2/h4-15,17-19,32H,16H2,1-3H3/t19-/m1/s1. The van der Waals surface area contributed by atoms with Crippen molar-refractivity contribution < 1.29 is 22.3 Å². The summed E-state index contributed by atoms with van der Waals surface area (Å²) in [5.41, 5.74) is 4.47. The molecule has 0 spiro atoms. The number of imidazole rings is 1. The van der Waals surface area contributed by atoms with Gasteiger partial charge in [-0.1, -0.05) is 43.3 Å². The van der Waals surface area contributed by atoms with Crippen LogP contribution in [0.25, 0.3) is 16.9 Å². The highest BCUT2D eigenvalue weighted by Gasteiger charge is 2.16. The fraction of sp³-hybridized carbons (Fsp3) is 0.167. The number of fused-ring (bicyclic) bond motifs is 1. The fourth-order valence-corrected chi connectivity index (χ4v) is 4.96. The van der Waals surface area contributed by atoms with Crippen LogP contribution in [-0.4, -0.2) is 42.2 Å². The highest BCUT2D eigenvalue weighted by molar-refractivity contribution is 7.90. The average molecular weight is 559 g/mol. The molecule has 0 fully saturated rings. The van der Waals surface area contributed by atoms with Crippen molar-refractivity contribution in [2.24, 2.45) is 0 Å². The van der Waals surface area contributed by atoms with Gasteiger partial charge in [0.2, 0.25) is 0 Å². The van der Waals surface area contributed by atoms with Crippen molar-refractivity contribution in [3.05, 3.63) is 102 Å². The Morgan fingerprint density at radius 3 is 2.42 bits per heavy atom. The Kier molecular flexibility index (Phi) is 7.36. The first kappa shape index (κ1) is 27.0. The number of aromatic nitrogens is 3. The summed E-state index contributed by atoms with van der Waals surface area (Å²) >= 11 is 0. The van der Waals surface area contributed by atoms with Crippen LogP contribution in [0.1, 0.15) is 24.0 Å². The topological polar surface area (TPSA) is 103 Å². The molecule has 2 heterocycles. The van der Waals surface area contributed by atoms with Gasteiger partial charge in [0.1, 0.15) is 17.3 Å². The lowest BCUT2D eigenvalue weighted by Crippen LogP contribution is -2.12. The summed E-state index contributed by atoms with van der Waals surface area (Å²) in [6, 6.07) is 22.0. The first-order valence-corrected chi connectivity index (χ1v) is 14.4. The van der Waals surface area contributed by atoms with Gasteiger partial charge in [-0.05, 0) is 47.5 Å². The number of ether oxygens (including phenoxy) is 1. The van der Waals surface area contributed by atoms with Gasteiger partial charge < -0.3 is 10.1 Å². The zero-order valence-corrected chi connectivity index (χ0v) is 22.9. The van der Waals surface area contributed by atoms with Crippen LogP contribution in [0, 0.1) is 5.82 Å². The minimum Gasteiger partial charge on any atom is -0.495 e. The van der Waals surface area contributed by atoms with E-state index >= 15 is 0 Å². The Balaban J connectivity index is 1.30. The van der Waals surface area contributed by atoms with E-state index in [2.05, 4.69) is 15.4 Å². The number of halogens is 1. The third kappa shape index (κ3) is 5.86. The van der Waals surface area contributed by atoms with Crippen LogP contribution in [0.15, 0.2) is 90.0 Å². The molecule has 0 unspecified atom stereocenters.